The maximum Gasteiger partial charge on any atom is 0.0781 e. The van der Waals surface area contributed by atoms with Gasteiger partial charge in [-0.3, -0.25) is 0 Å². The van der Waals surface area contributed by atoms with E-state index in [1.165, 1.54) is 38.5 Å². The van der Waals surface area contributed by atoms with Gasteiger partial charge in [0.05, 0.1) is 15.1 Å². The highest BCUT2D eigenvalue weighted by atomic mass is 35.5. The third-order valence-corrected chi connectivity index (χ3v) is 4.82. The molecule has 0 bridgehead atoms. The quantitative estimate of drug-likeness (QED) is 0.393. The first kappa shape index (κ1) is 18.1. The Morgan fingerprint density at radius 3 is 2.30 bits per heavy atom. The predicted molar refractivity (Wildman–Crippen MR) is 91.3 cm³/mol. The molecule has 1 rings (SSSR count). The Bertz CT molecular complexity index is 407. The summed E-state index contributed by atoms with van der Waals surface area (Å²) in [5.74, 6) is 0. The highest BCUT2D eigenvalue weighted by molar-refractivity contribution is 6.48. The van der Waals surface area contributed by atoms with Crippen molar-refractivity contribution in [1.29, 1.82) is 0 Å². The summed E-state index contributed by atoms with van der Waals surface area (Å²) in [6.07, 6.45) is 7.82. The maximum atomic E-state index is 6.23. The van der Waals surface area contributed by atoms with Gasteiger partial charge in [0.1, 0.15) is 0 Å². The molecule has 114 valence electrons. The highest BCUT2D eigenvalue weighted by Crippen LogP contribution is 2.35. The van der Waals surface area contributed by atoms with Gasteiger partial charge >= 0.3 is 0 Å². The van der Waals surface area contributed by atoms with Gasteiger partial charge in [-0.25, -0.2) is 0 Å². The van der Waals surface area contributed by atoms with Crippen molar-refractivity contribution in [3.63, 3.8) is 0 Å². The first-order chi connectivity index (χ1) is 9.57. The fourth-order valence-corrected chi connectivity index (χ4v) is 2.92. The Morgan fingerprint density at radius 2 is 1.60 bits per heavy atom. The summed E-state index contributed by atoms with van der Waals surface area (Å²) in [6, 6.07) is 3.93. The van der Waals surface area contributed by atoms with Crippen LogP contribution in [0.2, 0.25) is 15.1 Å². The van der Waals surface area contributed by atoms with Gasteiger partial charge in [-0.15, -0.1) is 0 Å². The topological polar surface area (TPSA) is 12.0 Å². The van der Waals surface area contributed by atoms with Gasteiger partial charge in [-0.2, -0.15) is 0 Å². The molecule has 0 heterocycles. The van der Waals surface area contributed by atoms with E-state index in [1.807, 2.05) is 6.07 Å². The average molecular weight is 337 g/mol. The Kier molecular flexibility index (Phi) is 8.95. The lowest BCUT2D eigenvalue weighted by Gasteiger charge is -2.16. The number of unbranched alkanes of at least 4 members (excludes halogenated alkanes) is 5. The molecule has 1 N–H and O–H groups in total. The van der Waals surface area contributed by atoms with E-state index in [2.05, 4.69) is 19.2 Å². The molecule has 0 aliphatic carbocycles. The largest absolute Gasteiger partial charge is 0.310 e. The lowest BCUT2D eigenvalue weighted by Crippen LogP contribution is -2.20. The van der Waals surface area contributed by atoms with Crippen LogP contribution in [-0.4, -0.2) is 6.54 Å². The number of rotatable bonds is 9. The molecule has 0 saturated heterocycles. The van der Waals surface area contributed by atoms with Crippen LogP contribution >= 0.6 is 34.8 Å². The molecule has 1 aromatic rings. The molecular formula is C16H24Cl3N. The maximum absolute atomic E-state index is 6.23. The summed E-state index contributed by atoms with van der Waals surface area (Å²) in [7, 11) is 0. The van der Waals surface area contributed by atoms with Crippen molar-refractivity contribution in [3.8, 4) is 0 Å². The van der Waals surface area contributed by atoms with Crippen molar-refractivity contribution in [2.75, 3.05) is 6.54 Å². The van der Waals surface area contributed by atoms with Crippen LogP contribution in [0.25, 0.3) is 0 Å². The van der Waals surface area contributed by atoms with E-state index in [-0.39, 0.29) is 6.04 Å². The molecule has 0 amide bonds. The zero-order valence-corrected chi connectivity index (χ0v) is 14.6. The normalized spacial score (nSPS) is 12.7. The van der Waals surface area contributed by atoms with Crippen molar-refractivity contribution >= 4 is 34.8 Å². The van der Waals surface area contributed by atoms with Crippen LogP contribution in [0.3, 0.4) is 0 Å². The van der Waals surface area contributed by atoms with E-state index < -0.39 is 0 Å². The minimum absolute atomic E-state index is 0.188. The first-order valence-corrected chi connectivity index (χ1v) is 8.58. The summed E-state index contributed by atoms with van der Waals surface area (Å²) >= 11 is 18.2. The lowest BCUT2D eigenvalue weighted by atomic mass is 10.1. The third-order valence-electron chi connectivity index (χ3n) is 3.51. The Hall–Kier alpha value is 0.0500. The SMILES string of the molecule is CCCCCCCCNC(C)c1ccc(Cl)c(Cl)c1Cl. The van der Waals surface area contributed by atoms with Crippen LogP contribution in [0.1, 0.15) is 64.0 Å². The Balaban J connectivity index is 2.33. The van der Waals surface area contributed by atoms with E-state index in [0.29, 0.717) is 15.1 Å². The second-order valence-corrected chi connectivity index (χ2v) is 6.37. The molecule has 0 fully saturated rings. The summed E-state index contributed by atoms with van der Waals surface area (Å²) in [4.78, 5) is 0. The summed E-state index contributed by atoms with van der Waals surface area (Å²) in [5.41, 5.74) is 1.01. The van der Waals surface area contributed by atoms with Crippen molar-refractivity contribution in [1.82, 2.24) is 5.32 Å². The molecule has 4 heteroatoms. The Labute approximate surface area is 138 Å². The molecule has 0 spiro atoms. The van der Waals surface area contributed by atoms with Crippen molar-refractivity contribution in [2.45, 2.75) is 58.4 Å². The van der Waals surface area contributed by atoms with Gasteiger partial charge in [0.25, 0.3) is 0 Å². The molecule has 20 heavy (non-hydrogen) atoms. The predicted octanol–water partition coefficient (Wildman–Crippen LogP) is 6.66. The molecule has 0 radical (unpaired) electrons. The number of nitrogens with one attached hydrogen (secondary N) is 1. The van der Waals surface area contributed by atoms with Crippen LogP contribution in [0.15, 0.2) is 12.1 Å². The Morgan fingerprint density at radius 1 is 0.950 bits per heavy atom. The van der Waals surface area contributed by atoms with Gasteiger partial charge in [0.2, 0.25) is 0 Å². The van der Waals surface area contributed by atoms with E-state index >= 15 is 0 Å². The summed E-state index contributed by atoms with van der Waals surface area (Å²) in [5, 5.41) is 5.00. The smallest absolute Gasteiger partial charge is 0.0781 e. The molecule has 0 aliphatic heterocycles. The molecule has 0 saturated carbocycles. The summed E-state index contributed by atoms with van der Waals surface area (Å²) < 4.78 is 0. The minimum Gasteiger partial charge on any atom is -0.310 e. The van der Waals surface area contributed by atoms with E-state index in [9.17, 15) is 0 Å². The minimum atomic E-state index is 0.188. The molecule has 1 atom stereocenters. The van der Waals surface area contributed by atoms with Gasteiger partial charge in [-0.1, -0.05) is 79.9 Å². The van der Waals surface area contributed by atoms with Gasteiger partial charge in [0, 0.05) is 6.04 Å². The third kappa shape index (κ3) is 5.81. The second-order valence-electron chi connectivity index (χ2n) is 5.21. The zero-order chi connectivity index (χ0) is 15.0. The first-order valence-electron chi connectivity index (χ1n) is 7.44. The van der Waals surface area contributed by atoms with Gasteiger partial charge in [0.15, 0.2) is 0 Å². The second kappa shape index (κ2) is 9.89. The number of halogens is 3. The number of hydrogen-bond donors (Lipinski definition) is 1. The molecule has 1 nitrogen and oxygen atoms in total. The van der Waals surface area contributed by atoms with Crippen LogP contribution < -0.4 is 5.32 Å². The molecular weight excluding hydrogens is 313 g/mol. The average Bonchev–Trinajstić information content (AvgIpc) is 2.43. The fraction of sp³-hybridized carbons (Fsp3) is 0.625. The highest BCUT2D eigenvalue weighted by Gasteiger charge is 2.13. The van der Waals surface area contributed by atoms with Crippen molar-refractivity contribution in [2.24, 2.45) is 0 Å². The van der Waals surface area contributed by atoms with Crippen molar-refractivity contribution < 1.29 is 0 Å². The molecule has 0 aliphatic rings. The van der Waals surface area contributed by atoms with Crippen molar-refractivity contribution in [3.05, 3.63) is 32.8 Å². The van der Waals surface area contributed by atoms with E-state index in [4.69, 9.17) is 34.8 Å². The standard InChI is InChI=1S/C16H24Cl3N/c1-3-4-5-6-7-8-11-20-12(2)13-9-10-14(17)16(19)15(13)18/h9-10,12,20H,3-8,11H2,1-2H3. The van der Waals surface area contributed by atoms with Crippen LogP contribution in [-0.2, 0) is 0 Å². The van der Waals surface area contributed by atoms with E-state index in [1.54, 1.807) is 6.07 Å². The molecule has 1 aromatic carbocycles. The number of benzene rings is 1. The monoisotopic (exact) mass is 335 g/mol. The van der Waals surface area contributed by atoms with Crippen LogP contribution in [0, 0.1) is 0 Å². The van der Waals surface area contributed by atoms with Crippen LogP contribution in [0.4, 0.5) is 0 Å². The van der Waals surface area contributed by atoms with E-state index in [0.717, 1.165) is 12.1 Å². The lowest BCUT2D eigenvalue weighted by molar-refractivity contribution is 0.527. The molecule has 0 aromatic heterocycles. The van der Waals surface area contributed by atoms with Crippen LogP contribution in [0.5, 0.6) is 0 Å². The fourth-order valence-electron chi connectivity index (χ4n) is 2.21. The van der Waals surface area contributed by atoms with Gasteiger partial charge < -0.3 is 5.32 Å². The zero-order valence-electron chi connectivity index (χ0n) is 12.3. The van der Waals surface area contributed by atoms with Gasteiger partial charge in [-0.05, 0) is 31.5 Å². The number of hydrogen-bond acceptors (Lipinski definition) is 1. The molecule has 1 unspecified atom stereocenters. The summed E-state index contributed by atoms with van der Waals surface area (Å²) in [6.45, 7) is 5.34.